The van der Waals surface area contributed by atoms with Crippen molar-refractivity contribution in [2.45, 2.75) is 46.7 Å². The highest BCUT2D eigenvalue weighted by atomic mass is 79.9. The number of ether oxygens (including phenoxy) is 1. The summed E-state index contributed by atoms with van der Waals surface area (Å²) in [7, 11) is 0. The van der Waals surface area contributed by atoms with Gasteiger partial charge in [0.1, 0.15) is 11.8 Å². The van der Waals surface area contributed by atoms with Gasteiger partial charge in [-0.25, -0.2) is 0 Å². The Balaban J connectivity index is 1.90. The summed E-state index contributed by atoms with van der Waals surface area (Å²) in [5, 5.41) is 3.04. The van der Waals surface area contributed by atoms with Crippen LogP contribution in [0.1, 0.15) is 36.1 Å². The molecule has 0 aromatic heterocycles. The first kappa shape index (κ1) is 27.5. The van der Waals surface area contributed by atoms with Gasteiger partial charge in [-0.1, -0.05) is 78.3 Å². The molecule has 1 N–H and O–H groups in total. The molecule has 0 saturated heterocycles. The Morgan fingerprint density at radius 1 is 0.917 bits per heavy atom. The summed E-state index contributed by atoms with van der Waals surface area (Å²) in [6.07, 6.45) is 0.413. The second kappa shape index (κ2) is 13.3. The number of rotatable bonds is 11. The highest BCUT2D eigenvalue weighted by Crippen LogP contribution is 2.19. The van der Waals surface area contributed by atoms with E-state index < -0.39 is 6.04 Å². The van der Waals surface area contributed by atoms with Crippen LogP contribution in [0.5, 0.6) is 5.75 Å². The summed E-state index contributed by atoms with van der Waals surface area (Å²) < 4.78 is 6.87. The predicted octanol–water partition coefficient (Wildman–Crippen LogP) is 5.86. The monoisotopic (exact) mass is 550 g/mol. The molecule has 0 bridgehead atoms. The highest BCUT2D eigenvalue weighted by molar-refractivity contribution is 9.10. The van der Waals surface area contributed by atoms with Gasteiger partial charge < -0.3 is 15.0 Å². The molecule has 36 heavy (non-hydrogen) atoms. The van der Waals surface area contributed by atoms with Crippen LogP contribution in [-0.2, 0) is 22.6 Å². The van der Waals surface area contributed by atoms with Crippen molar-refractivity contribution in [1.29, 1.82) is 0 Å². The lowest BCUT2D eigenvalue weighted by Crippen LogP contribution is -2.52. The molecule has 5 nitrogen and oxygen atoms in total. The van der Waals surface area contributed by atoms with Crippen molar-refractivity contribution in [2.24, 2.45) is 5.92 Å². The van der Waals surface area contributed by atoms with Crippen LogP contribution in [0.2, 0.25) is 0 Å². The van der Waals surface area contributed by atoms with E-state index in [1.54, 1.807) is 4.90 Å². The summed E-state index contributed by atoms with van der Waals surface area (Å²) in [4.78, 5) is 28.7. The number of carbonyl (C=O) groups excluding carboxylic acids is 2. The standard InChI is InChI=1S/C30H35BrN2O3/c1-21(2)18-32-30(35)28(17-24-8-6-5-7-9-24)33(19-25-10-12-26(31)13-11-25)29(34)20-36-27-15-22(3)14-23(4)16-27/h5-16,21,28H,17-20H2,1-4H3,(H,32,35)/t28-/m0/s1. The Morgan fingerprint density at radius 3 is 2.17 bits per heavy atom. The molecular formula is C30H35BrN2O3. The van der Waals surface area contributed by atoms with Crippen molar-refractivity contribution < 1.29 is 14.3 Å². The second-order valence-electron chi connectivity index (χ2n) is 9.60. The zero-order valence-electron chi connectivity index (χ0n) is 21.5. The average Bonchev–Trinajstić information content (AvgIpc) is 2.84. The Bertz CT molecular complexity index is 1130. The highest BCUT2D eigenvalue weighted by Gasteiger charge is 2.30. The van der Waals surface area contributed by atoms with E-state index in [1.807, 2.05) is 80.6 Å². The van der Waals surface area contributed by atoms with E-state index in [0.717, 1.165) is 26.7 Å². The van der Waals surface area contributed by atoms with Crippen LogP contribution in [0.4, 0.5) is 0 Å². The summed E-state index contributed by atoms with van der Waals surface area (Å²) in [5.41, 5.74) is 4.07. The molecule has 0 aliphatic carbocycles. The minimum Gasteiger partial charge on any atom is -0.484 e. The molecule has 0 unspecified atom stereocenters. The Labute approximate surface area is 223 Å². The van der Waals surface area contributed by atoms with Crippen LogP contribution < -0.4 is 10.1 Å². The van der Waals surface area contributed by atoms with Crippen molar-refractivity contribution in [3.8, 4) is 5.75 Å². The fraction of sp³-hybridized carbons (Fsp3) is 0.333. The maximum absolute atomic E-state index is 13.6. The minimum absolute atomic E-state index is 0.151. The summed E-state index contributed by atoms with van der Waals surface area (Å²) >= 11 is 3.47. The molecule has 0 radical (unpaired) electrons. The van der Waals surface area contributed by atoms with E-state index in [9.17, 15) is 9.59 Å². The van der Waals surface area contributed by atoms with E-state index in [-0.39, 0.29) is 18.4 Å². The summed E-state index contributed by atoms with van der Waals surface area (Å²) in [6, 6.07) is 22.8. The van der Waals surface area contributed by atoms with Gasteiger partial charge in [0.15, 0.2) is 6.61 Å². The van der Waals surface area contributed by atoms with Crippen molar-refractivity contribution >= 4 is 27.7 Å². The lowest BCUT2D eigenvalue weighted by molar-refractivity contribution is -0.142. The predicted molar refractivity (Wildman–Crippen MR) is 148 cm³/mol. The smallest absolute Gasteiger partial charge is 0.261 e. The van der Waals surface area contributed by atoms with Gasteiger partial charge in [0, 0.05) is 24.0 Å². The number of benzene rings is 3. The molecule has 0 aliphatic heterocycles. The summed E-state index contributed by atoms with van der Waals surface area (Å²) in [6.45, 7) is 8.79. The van der Waals surface area contributed by atoms with E-state index in [0.29, 0.717) is 31.2 Å². The fourth-order valence-corrected chi connectivity index (χ4v) is 4.27. The number of carbonyl (C=O) groups is 2. The average molecular weight is 552 g/mol. The number of halogens is 1. The van der Waals surface area contributed by atoms with Gasteiger partial charge >= 0.3 is 0 Å². The summed E-state index contributed by atoms with van der Waals surface area (Å²) in [5.74, 6) is 0.547. The minimum atomic E-state index is -0.676. The van der Waals surface area contributed by atoms with Gasteiger partial charge in [0.2, 0.25) is 5.91 Å². The third-order valence-electron chi connectivity index (χ3n) is 5.78. The van der Waals surface area contributed by atoms with Crippen LogP contribution >= 0.6 is 15.9 Å². The van der Waals surface area contributed by atoms with Gasteiger partial charge in [-0.05, 0) is 66.3 Å². The third-order valence-corrected chi connectivity index (χ3v) is 6.31. The molecule has 3 aromatic carbocycles. The van der Waals surface area contributed by atoms with Crippen molar-refractivity contribution in [1.82, 2.24) is 10.2 Å². The first-order valence-corrected chi connectivity index (χ1v) is 13.1. The van der Waals surface area contributed by atoms with E-state index in [2.05, 4.69) is 41.2 Å². The van der Waals surface area contributed by atoms with Crippen molar-refractivity contribution in [2.75, 3.05) is 13.2 Å². The molecule has 3 rings (SSSR count). The topological polar surface area (TPSA) is 58.6 Å². The lowest BCUT2D eigenvalue weighted by Gasteiger charge is -2.31. The molecule has 0 fully saturated rings. The molecule has 3 aromatic rings. The SMILES string of the molecule is Cc1cc(C)cc(OCC(=O)N(Cc2ccc(Br)cc2)[C@@H](Cc2ccccc2)C(=O)NCC(C)C)c1. The van der Waals surface area contributed by atoms with E-state index >= 15 is 0 Å². The van der Waals surface area contributed by atoms with Crippen molar-refractivity contribution in [3.63, 3.8) is 0 Å². The molecule has 0 saturated carbocycles. The Hall–Kier alpha value is -3.12. The van der Waals surface area contributed by atoms with Crippen LogP contribution in [0.15, 0.2) is 77.3 Å². The molecular weight excluding hydrogens is 516 g/mol. The number of aryl methyl sites for hydroxylation is 2. The molecule has 2 amide bonds. The largest absolute Gasteiger partial charge is 0.484 e. The quantitative estimate of drug-likeness (QED) is 0.325. The van der Waals surface area contributed by atoms with Gasteiger partial charge in [0.05, 0.1) is 0 Å². The van der Waals surface area contributed by atoms with Crippen molar-refractivity contribution in [3.05, 3.63) is 99.5 Å². The van der Waals surface area contributed by atoms with E-state index in [1.165, 1.54) is 0 Å². The molecule has 6 heteroatoms. The van der Waals surface area contributed by atoms with Gasteiger partial charge in [-0.2, -0.15) is 0 Å². The van der Waals surface area contributed by atoms with Gasteiger partial charge in [-0.3, -0.25) is 9.59 Å². The van der Waals surface area contributed by atoms with Gasteiger partial charge in [0.25, 0.3) is 5.91 Å². The third kappa shape index (κ3) is 8.52. The number of nitrogens with zero attached hydrogens (tertiary/aromatic N) is 1. The normalized spacial score (nSPS) is 11.7. The van der Waals surface area contributed by atoms with Crippen LogP contribution in [0.3, 0.4) is 0 Å². The van der Waals surface area contributed by atoms with Gasteiger partial charge in [-0.15, -0.1) is 0 Å². The number of nitrogens with one attached hydrogen (secondary N) is 1. The maximum Gasteiger partial charge on any atom is 0.261 e. The molecule has 0 spiro atoms. The number of hydrogen-bond donors (Lipinski definition) is 1. The molecule has 0 heterocycles. The van der Waals surface area contributed by atoms with Crippen LogP contribution in [0.25, 0.3) is 0 Å². The maximum atomic E-state index is 13.6. The van der Waals surface area contributed by atoms with Crippen LogP contribution in [0, 0.1) is 19.8 Å². The lowest BCUT2D eigenvalue weighted by atomic mass is 10.0. The first-order valence-electron chi connectivity index (χ1n) is 12.3. The second-order valence-corrected chi connectivity index (χ2v) is 10.5. The Kier molecular flexibility index (Phi) is 10.1. The van der Waals surface area contributed by atoms with Crippen LogP contribution in [-0.4, -0.2) is 35.9 Å². The molecule has 0 aliphatic rings. The fourth-order valence-electron chi connectivity index (χ4n) is 4.01. The first-order chi connectivity index (χ1) is 17.2. The van der Waals surface area contributed by atoms with E-state index in [4.69, 9.17) is 4.74 Å². The Morgan fingerprint density at radius 2 is 1.56 bits per heavy atom. The zero-order valence-corrected chi connectivity index (χ0v) is 23.0. The molecule has 1 atom stereocenters. The number of amides is 2. The molecule has 190 valence electrons. The number of hydrogen-bond acceptors (Lipinski definition) is 3. The zero-order chi connectivity index (χ0) is 26.1.